The van der Waals surface area contributed by atoms with Crippen molar-refractivity contribution in [3.05, 3.63) is 149 Å². The van der Waals surface area contributed by atoms with Crippen LogP contribution in [0.25, 0.3) is 10.8 Å². The van der Waals surface area contributed by atoms with Gasteiger partial charge >= 0.3 is 6.03 Å². The Balaban J connectivity index is 1.01. The molecule has 288 valence electrons. The van der Waals surface area contributed by atoms with Crippen molar-refractivity contribution in [3.63, 3.8) is 0 Å². The van der Waals surface area contributed by atoms with Crippen molar-refractivity contribution >= 4 is 40.2 Å². The van der Waals surface area contributed by atoms with Gasteiger partial charge in [-0.05, 0) is 76.6 Å². The topological polar surface area (TPSA) is 157 Å². The molecule has 5 amide bonds. The zero-order valence-electron chi connectivity index (χ0n) is 31.5. The summed E-state index contributed by atoms with van der Waals surface area (Å²) in [5.74, 6) is 0.0418. The molecule has 0 aliphatic carbocycles. The van der Waals surface area contributed by atoms with Gasteiger partial charge in [0, 0.05) is 56.4 Å². The van der Waals surface area contributed by atoms with Crippen LogP contribution in [0.3, 0.4) is 0 Å². The minimum absolute atomic E-state index is 0.0122. The van der Waals surface area contributed by atoms with Crippen LogP contribution in [0.4, 0.5) is 10.5 Å². The number of hydrazine groups is 1. The van der Waals surface area contributed by atoms with Crippen LogP contribution >= 0.6 is 0 Å². The number of anilines is 1. The number of amides is 5. The summed E-state index contributed by atoms with van der Waals surface area (Å²) in [4.78, 5) is 57.3. The number of hydrogen-bond donors (Lipinski definition) is 4. The van der Waals surface area contributed by atoms with Crippen molar-refractivity contribution in [2.45, 2.75) is 51.7 Å². The minimum Gasteiger partial charge on any atom is -0.399 e. The Morgan fingerprint density at radius 2 is 1.50 bits per heavy atom. The maximum Gasteiger partial charge on any atom is 0.350 e. The Morgan fingerprint density at radius 1 is 0.804 bits per heavy atom. The first-order valence-electron chi connectivity index (χ1n) is 19.1. The van der Waals surface area contributed by atoms with Gasteiger partial charge in [0.2, 0.25) is 11.8 Å². The number of nitrogens with two attached hydrogens (primary N) is 2. The molecule has 12 nitrogen and oxygen atoms in total. The molecule has 0 aromatic heterocycles. The summed E-state index contributed by atoms with van der Waals surface area (Å²) in [6, 6.07) is 28.6. The summed E-state index contributed by atoms with van der Waals surface area (Å²) in [5.41, 5.74) is 16.9. The van der Waals surface area contributed by atoms with Gasteiger partial charge in [-0.15, -0.1) is 0 Å². The second-order valence-electron chi connectivity index (χ2n) is 14.4. The number of nitrogens with one attached hydrogen (secondary N) is 2. The number of piperidine rings is 1. The number of rotatable bonds is 13. The van der Waals surface area contributed by atoms with E-state index in [1.54, 1.807) is 28.1 Å². The first kappa shape index (κ1) is 37.9. The van der Waals surface area contributed by atoms with E-state index in [1.165, 1.54) is 5.01 Å². The average Bonchev–Trinajstić information content (AvgIpc) is 3.47. The molecule has 3 aliphatic heterocycles. The van der Waals surface area contributed by atoms with E-state index in [9.17, 15) is 19.2 Å². The fourth-order valence-electron chi connectivity index (χ4n) is 7.56. The SMILES string of the molecule is C=C1N(Cc2cccc3ccccc23)C(=O)N2C(C(=O)NCc3ccc(CN)cc3)=CC=C(C3CCN(C(=O)CCCNC(=O)Cc4ccc(N)cc4)CC3)N12. The molecule has 7 rings (SSSR count). The highest BCUT2D eigenvalue weighted by Gasteiger charge is 2.47. The van der Waals surface area contributed by atoms with E-state index in [1.807, 2.05) is 89.8 Å². The quantitative estimate of drug-likeness (QED) is 0.107. The standard InChI is InChI=1S/C44H48N8O4/c1-30-50(29-36-8-4-7-34-6-2-3-9-38(34)36)44(56)52-40(43(55)48-28-33-13-11-32(27-45)12-14-33)20-19-39(51(30)52)35-21-24-49(25-22-35)42(54)10-5-23-47-41(53)26-31-15-17-37(46)18-16-31/h2-4,6-9,11-20,35H,1,5,10,21-29,45-46H2,(H,47,53)(H,48,55). The number of benzene rings is 4. The van der Waals surface area contributed by atoms with Crippen LogP contribution in [0.15, 0.2) is 127 Å². The molecule has 3 heterocycles. The molecule has 0 unspecified atom stereocenters. The van der Waals surface area contributed by atoms with Crippen molar-refractivity contribution < 1.29 is 19.2 Å². The van der Waals surface area contributed by atoms with E-state index in [0.29, 0.717) is 63.4 Å². The van der Waals surface area contributed by atoms with Crippen molar-refractivity contribution in [1.82, 2.24) is 30.5 Å². The Labute approximate surface area is 327 Å². The minimum atomic E-state index is -0.386. The molecule has 0 saturated carbocycles. The van der Waals surface area contributed by atoms with E-state index in [0.717, 1.165) is 38.7 Å². The maximum absolute atomic E-state index is 14.4. The van der Waals surface area contributed by atoms with Crippen LogP contribution in [0.2, 0.25) is 0 Å². The first-order chi connectivity index (χ1) is 27.2. The van der Waals surface area contributed by atoms with Crippen molar-refractivity contribution in [2.75, 3.05) is 25.4 Å². The molecule has 0 spiro atoms. The lowest BCUT2D eigenvalue weighted by molar-refractivity contribution is -0.133. The smallest absolute Gasteiger partial charge is 0.350 e. The van der Waals surface area contributed by atoms with Gasteiger partial charge in [0.25, 0.3) is 5.91 Å². The van der Waals surface area contributed by atoms with Crippen LogP contribution < -0.4 is 22.1 Å². The lowest BCUT2D eigenvalue weighted by Gasteiger charge is -2.40. The summed E-state index contributed by atoms with van der Waals surface area (Å²) < 4.78 is 0. The summed E-state index contributed by atoms with van der Waals surface area (Å²) in [5, 5.41) is 11.2. The number of nitrogen functional groups attached to an aromatic ring is 1. The van der Waals surface area contributed by atoms with Crippen molar-refractivity contribution in [1.29, 1.82) is 0 Å². The van der Waals surface area contributed by atoms with Crippen LogP contribution in [-0.4, -0.2) is 63.2 Å². The Bertz CT molecular complexity index is 2180. The third kappa shape index (κ3) is 8.30. The number of fused-ring (bicyclic) bond motifs is 2. The van der Waals surface area contributed by atoms with E-state index < -0.39 is 0 Å². The van der Waals surface area contributed by atoms with Gasteiger partial charge in [0.05, 0.1) is 13.0 Å². The molecule has 56 heavy (non-hydrogen) atoms. The number of hydrogen-bond acceptors (Lipinski definition) is 7. The van der Waals surface area contributed by atoms with Crippen LogP contribution in [-0.2, 0) is 40.4 Å². The van der Waals surface area contributed by atoms with Crippen molar-refractivity contribution in [2.24, 2.45) is 11.7 Å². The Hall–Kier alpha value is -6.40. The van der Waals surface area contributed by atoms with Crippen LogP contribution in [0.5, 0.6) is 0 Å². The monoisotopic (exact) mass is 752 g/mol. The van der Waals surface area contributed by atoms with E-state index in [-0.39, 0.29) is 54.9 Å². The normalized spacial score (nSPS) is 15.8. The van der Waals surface area contributed by atoms with E-state index >= 15 is 0 Å². The fourth-order valence-corrected chi connectivity index (χ4v) is 7.56. The van der Waals surface area contributed by atoms with Gasteiger partial charge in [-0.3, -0.25) is 19.3 Å². The van der Waals surface area contributed by atoms with Gasteiger partial charge in [0.1, 0.15) is 11.5 Å². The summed E-state index contributed by atoms with van der Waals surface area (Å²) >= 11 is 0. The number of carbonyl (C=O) groups excluding carboxylic acids is 4. The molecular formula is C44H48N8O4. The average molecular weight is 753 g/mol. The molecule has 2 saturated heterocycles. The summed E-state index contributed by atoms with van der Waals surface area (Å²) in [6.07, 6.45) is 6.13. The Morgan fingerprint density at radius 3 is 2.25 bits per heavy atom. The van der Waals surface area contributed by atoms with E-state index in [2.05, 4.69) is 17.2 Å². The molecule has 3 aliphatic rings. The number of allylic oxidation sites excluding steroid dienone is 3. The Kier molecular flexibility index (Phi) is 11.5. The summed E-state index contributed by atoms with van der Waals surface area (Å²) in [7, 11) is 0. The van der Waals surface area contributed by atoms with Crippen LogP contribution in [0, 0.1) is 5.92 Å². The summed E-state index contributed by atoms with van der Waals surface area (Å²) in [6.45, 7) is 6.91. The molecule has 12 heteroatoms. The van der Waals surface area contributed by atoms with Gasteiger partial charge < -0.3 is 27.0 Å². The third-order valence-corrected chi connectivity index (χ3v) is 10.7. The second-order valence-corrected chi connectivity index (χ2v) is 14.4. The van der Waals surface area contributed by atoms with Gasteiger partial charge in [-0.1, -0.05) is 85.4 Å². The van der Waals surface area contributed by atoms with Gasteiger partial charge in [-0.2, -0.15) is 5.01 Å². The lowest BCUT2D eigenvalue weighted by atomic mass is 9.91. The maximum atomic E-state index is 14.4. The van der Waals surface area contributed by atoms with Crippen molar-refractivity contribution in [3.8, 4) is 0 Å². The molecule has 2 fully saturated rings. The molecule has 0 bridgehead atoms. The fraction of sp³-hybridized carbons (Fsp3) is 0.273. The number of nitrogens with zero attached hydrogens (tertiary/aromatic N) is 4. The number of urea groups is 1. The second kappa shape index (κ2) is 17.0. The number of likely N-dealkylation sites (tertiary alicyclic amines) is 1. The lowest BCUT2D eigenvalue weighted by Crippen LogP contribution is -2.47. The predicted molar refractivity (Wildman–Crippen MR) is 216 cm³/mol. The van der Waals surface area contributed by atoms with Gasteiger partial charge in [-0.25, -0.2) is 9.80 Å². The highest BCUT2D eigenvalue weighted by Crippen LogP contribution is 2.41. The molecule has 6 N–H and O–H groups in total. The first-order valence-corrected chi connectivity index (χ1v) is 19.1. The zero-order chi connectivity index (χ0) is 39.2. The highest BCUT2D eigenvalue weighted by molar-refractivity contribution is 5.99. The van der Waals surface area contributed by atoms with Gasteiger partial charge in [0.15, 0.2) is 0 Å². The largest absolute Gasteiger partial charge is 0.399 e. The molecule has 4 aromatic carbocycles. The highest BCUT2D eigenvalue weighted by atomic mass is 16.2. The predicted octanol–water partition coefficient (Wildman–Crippen LogP) is 5.28. The molecule has 0 atom stereocenters. The molecule has 0 radical (unpaired) electrons. The zero-order valence-corrected chi connectivity index (χ0v) is 31.5. The number of carbonyl (C=O) groups is 4. The third-order valence-electron chi connectivity index (χ3n) is 10.7. The molecule has 4 aromatic rings. The van der Waals surface area contributed by atoms with Crippen LogP contribution in [0.1, 0.15) is 47.9 Å². The van der Waals surface area contributed by atoms with E-state index in [4.69, 9.17) is 11.5 Å². The molecular weight excluding hydrogens is 705 g/mol.